The highest BCUT2D eigenvalue weighted by molar-refractivity contribution is 7.87. The van der Waals surface area contributed by atoms with Gasteiger partial charge in [-0.25, -0.2) is 0 Å². The second-order valence-electron chi connectivity index (χ2n) is 6.55. The first-order valence-corrected chi connectivity index (χ1v) is 10.4. The molecular weight excluding hydrogens is 350 g/mol. The lowest BCUT2D eigenvalue weighted by atomic mass is 9.99. The van der Waals surface area contributed by atoms with Gasteiger partial charge >= 0.3 is 10.1 Å². The van der Waals surface area contributed by atoms with Crippen molar-refractivity contribution in [1.29, 1.82) is 0 Å². The van der Waals surface area contributed by atoms with Crippen molar-refractivity contribution in [3.05, 3.63) is 54.6 Å². The molecule has 0 bridgehead atoms. The maximum Gasteiger partial charge on any atom is 0.339 e. The van der Waals surface area contributed by atoms with Crippen LogP contribution in [0.4, 0.5) is 5.69 Å². The molecule has 6 heteroatoms. The Balaban J connectivity index is 1.62. The summed E-state index contributed by atoms with van der Waals surface area (Å²) in [6.07, 6.45) is 6.46. The van der Waals surface area contributed by atoms with Gasteiger partial charge in [0.05, 0.1) is 0 Å². The lowest BCUT2D eigenvalue weighted by Crippen LogP contribution is -2.22. The summed E-state index contributed by atoms with van der Waals surface area (Å²) < 4.78 is 29.6. The maximum absolute atomic E-state index is 12.4. The molecule has 0 heterocycles. The van der Waals surface area contributed by atoms with Gasteiger partial charge in [0.1, 0.15) is 10.6 Å². The van der Waals surface area contributed by atoms with Gasteiger partial charge in [0, 0.05) is 11.6 Å². The largest absolute Gasteiger partial charge is 0.379 e. The highest BCUT2D eigenvalue weighted by atomic mass is 32.2. The second-order valence-corrected chi connectivity index (χ2v) is 8.10. The van der Waals surface area contributed by atoms with Crippen LogP contribution in [0.2, 0.25) is 0 Å². The number of benzene rings is 2. The molecule has 5 nitrogen and oxygen atoms in total. The SMILES string of the molecule is O=C(Nc1ccc(OS(=O)(=O)c2ccccc2)cc1)C1CCCCCC1. The van der Waals surface area contributed by atoms with Gasteiger partial charge in [0.25, 0.3) is 0 Å². The van der Waals surface area contributed by atoms with Crippen LogP contribution in [-0.4, -0.2) is 14.3 Å². The van der Waals surface area contributed by atoms with E-state index in [1.165, 1.54) is 25.0 Å². The van der Waals surface area contributed by atoms with E-state index in [-0.39, 0.29) is 22.5 Å². The topological polar surface area (TPSA) is 72.5 Å². The number of hydrogen-bond donors (Lipinski definition) is 1. The third-order valence-electron chi connectivity index (χ3n) is 4.59. The normalized spacial score (nSPS) is 15.8. The van der Waals surface area contributed by atoms with Crippen LogP contribution < -0.4 is 9.50 Å². The summed E-state index contributed by atoms with van der Waals surface area (Å²) in [6, 6.07) is 14.4. The molecule has 0 unspecified atom stereocenters. The summed E-state index contributed by atoms with van der Waals surface area (Å²) >= 11 is 0. The summed E-state index contributed by atoms with van der Waals surface area (Å²) in [5, 5.41) is 2.92. The van der Waals surface area contributed by atoms with Crippen LogP contribution in [-0.2, 0) is 14.9 Å². The van der Waals surface area contributed by atoms with E-state index in [4.69, 9.17) is 4.18 Å². The van der Waals surface area contributed by atoms with Crippen molar-refractivity contribution in [3.8, 4) is 5.75 Å². The van der Waals surface area contributed by atoms with E-state index in [2.05, 4.69) is 5.32 Å². The molecule has 2 aromatic rings. The number of anilines is 1. The van der Waals surface area contributed by atoms with Gasteiger partial charge in [0.2, 0.25) is 5.91 Å². The number of hydrogen-bond acceptors (Lipinski definition) is 4. The summed E-state index contributed by atoms with van der Waals surface area (Å²) in [7, 11) is -3.86. The molecule has 0 saturated heterocycles. The first kappa shape index (κ1) is 18.5. The lowest BCUT2D eigenvalue weighted by Gasteiger charge is -2.14. The molecule has 3 rings (SSSR count). The zero-order valence-corrected chi connectivity index (χ0v) is 15.4. The molecule has 0 atom stereocenters. The van der Waals surface area contributed by atoms with Crippen LogP contribution in [0.25, 0.3) is 0 Å². The van der Waals surface area contributed by atoms with E-state index in [0.29, 0.717) is 5.69 Å². The van der Waals surface area contributed by atoms with Crippen LogP contribution >= 0.6 is 0 Å². The van der Waals surface area contributed by atoms with Crippen LogP contribution in [0.3, 0.4) is 0 Å². The highest BCUT2D eigenvalue weighted by Crippen LogP contribution is 2.25. The predicted molar refractivity (Wildman–Crippen MR) is 101 cm³/mol. The Labute approximate surface area is 154 Å². The average molecular weight is 373 g/mol. The average Bonchev–Trinajstić information content (AvgIpc) is 2.93. The third kappa shape index (κ3) is 4.85. The molecular formula is C20H23NO4S. The van der Waals surface area contributed by atoms with Crippen molar-refractivity contribution in [3.63, 3.8) is 0 Å². The van der Waals surface area contributed by atoms with Crippen molar-refractivity contribution >= 4 is 21.7 Å². The molecule has 1 fully saturated rings. The van der Waals surface area contributed by atoms with Gasteiger partial charge in [-0.1, -0.05) is 43.9 Å². The van der Waals surface area contributed by atoms with Gasteiger partial charge < -0.3 is 9.50 Å². The zero-order chi connectivity index (χ0) is 18.4. The summed E-state index contributed by atoms with van der Waals surface area (Å²) in [5.41, 5.74) is 0.642. The molecule has 1 aliphatic rings. The van der Waals surface area contributed by atoms with Crippen molar-refractivity contribution < 1.29 is 17.4 Å². The zero-order valence-electron chi connectivity index (χ0n) is 14.6. The number of carbonyl (C=O) groups is 1. The molecule has 1 N–H and O–H groups in total. The van der Waals surface area contributed by atoms with E-state index in [9.17, 15) is 13.2 Å². The quantitative estimate of drug-likeness (QED) is 0.624. The second kappa shape index (κ2) is 8.36. The Morgan fingerprint density at radius 2 is 1.50 bits per heavy atom. The van der Waals surface area contributed by atoms with Crippen LogP contribution in [0.1, 0.15) is 38.5 Å². The van der Waals surface area contributed by atoms with Crippen molar-refractivity contribution in [2.45, 2.75) is 43.4 Å². The van der Waals surface area contributed by atoms with E-state index < -0.39 is 10.1 Å². The molecule has 0 spiro atoms. The van der Waals surface area contributed by atoms with Crippen LogP contribution in [0, 0.1) is 5.92 Å². The summed E-state index contributed by atoms with van der Waals surface area (Å²) in [4.78, 5) is 12.5. The highest BCUT2D eigenvalue weighted by Gasteiger charge is 2.20. The number of amides is 1. The fourth-order valence-corrected chi connectivity index (χ4v) is 4.09. The molecule has 1 aliphatic carbocycles. The molecule has 0 aliphatic heterocycles. The molecule has 0 radical (unpaired) electrons. The minimum atomic E-state index is -3.86. The number of rotatable bonds is 5. The van der Waals surface area contributed by atoms with Gasteiger partial charge in [-0.3, -0.25) is 4.79 Å². The Morgan fingerprint density at radius 3 is 2.12 bits per heavy atom. The van der Waals surface area contributed by atoms with E-state index in [1.54, 1.807) is 42.5 Å². The smallest absolute Gasteiger partial charge is 0.339 e. The molecule has 1 amide bonds. The van der Waals surface area contributed by atoms with Gasteiger partial charge in [-0.15, -0.1) is 0 Å². The monoisotopic (exact) mass is 373 g/mol. The minimum Gasteiger partial charge on any atom is -0.379 e. The fraction of sp³-hybridized carbons (Fsp3) is 0.350. The molecule has 138 valence electrons. The Morgan fingerprint density at radius 1 is 0.885 bits per heavy atom. The Kier molecular flexibility index (Phi) is 5.93. The summed E-state index contributed by atoms with van der Waals surface area (Å²) in [6.45, 7) is 0. The van der Waals surface area contributed by atoms with E-state index in [1.807, 2.05) is 0 Å². The Bertz CT molecular complexity index is 824. The lowest BCUT2D eigenvalue weighted by molar-refractivity contribution is -0.120. The third-order valence-corrected chi connectivity index (χ3v) is 5.85. The number of carbonyl (C=O) groups excluding carboxylic acids is 1. The standard InChI is InChI=1S/C20H23NO4S/c22-20(16-8-4-1-2-5-9-16)21-17-12-14-18(15-13-17)25-26(23,24)19-10-6-3-7-11-19/h3,6-7,10-16H,1-2,4-5,8-9H2,(H,21,22). The van der Waals surface area contributed by atoms with E-state index >= 15 is 0 Å². The van der Waals surface area contributed by atoms with Gasteiger partial charge in [0.15, 0.2) is 0 Å². The fourth-order valence-electron chi connectivity index (χ4n) is 3.14. The summed E-state index contributed by atoms with van der Waals surface area (Å²) in [5.74, 6) is 0.311. The van der Waals surface area contributed by atoms with Gasteiger partial charge in [-0.05, 0) is 49.2 Å². The van der Waals surface area contributed by atoms with Crippen LogP contribution in [0.5, 0.6) is 5.75 Å². The maximum atomic E-state index is 12.4. The predicted octanol–water partition coefficient (Wildman–Crippen LogP) is 4.36. The Hall–Kier alpha value is -2.34. The number of nitrogens with one attached hydrogen (secondary N) is 1. The molecule has 1 saturated carbocycles. The molecule has 0 aromatic heterocycles. The van der Waals surface area contributed by atoms with Gasteiger partial charge in [-0.2, -0.15) is 8.42 Å². The molecule has 2 aromatic carbocycles. The van der Waals surface area contributed by atoms with Crippen molar-refractivity contribution in [2.24, 2.45) is 5.92 Å². The minimum absolute atomic E-state index is 0.0393. The van der Waals surface area contributed by atoms with E-state index in [0.717, 1.165) is 25.7 Å². The molecule has 26 heavy (non-hydrogen) atoms. The first-order chi connectivity index (χ1) is 12.5. The first-order valence-electron chi connectivity index (χ1n) is 8.95. The van der Waals surface area contributed by atoms with Crippen molar-refractivity contribution in [1.82, 2.24) is 0 Å². The van der Waals surface area contributed by atoms with Crippen LogP contribution in [0.15, 0.2) is 59.5 Å². The van der Waals surface area contributed by atoms with Crippen molar-refractivity contribution in [2.75, 3.05) is 5.32 Å².